The van der Waals surface area contributed by atoms with Crippen LogP contribution in [0.5, 0.6) is 0 Å². The van der Waals surface area contributed by atoms with Crippen LogP contribution in [0, 0.1) is 5.82 Å². The Morgan fingerprint density at radius 2 is 2.21 bits per heavy atom. The fourth-order valence-electron chi connectivity index (χ4n) is 1.02. The molecule has 0 bridgehead atoms. The molecule has 1 aromatic carbocycles. The third kappa shape index (κ3) is 3.00. The molecule has 0 aliphatic heterocycles. The minimum absolute atomic E-state index is 0.139. The summed E-state index contributed by atoms with van der Waals surface area (Å²) in [6, 6.07) is 2.85. The Morgan fingerprint density at radius 1 is 1.50 bits per heavy atom. The number of rotatable bonds is 3. The van der Waals surface area contributed by atoms with E-state index in [-0.39, 0.29) is 5.69 Å². The molecule has 4 heteroatoms. The molecule has 0 amide bonds. The van der Waals surface area contributed by atoms with Crippen LogP contribution in [0.1, 0.15) is 12.0 Å². The first-order valence-corrected chi connectivity index (χ1v) is 5.62. The van der Waals surface area contributed by atoms with Gasteiger partial charge in [-0.2, -0.15) is 0 Å². The number of nitrogens with two attached hydrogens (primary N) is 1. The van der Waals surface area contributed by atoms with Gasteiger partial charge in [0.05, 0.1) is 5.69 Å². The third-order valence-electron chi connectivity index (χ3n) is 1.70. The number of benzene rings is 1. The van der Waals surface area contributed by atoms with Crippen molar-refractivity contribution in [3.8, 4) is 0 Å². The Hall–Kier alpha value is -0.540. The summed E-state index contributed by atoms with van der Waals surface area (Å²) < 4.78 is 13.1. The van der Waals surface area contributed by atoms with E-state index in [0.717, 1.165) is 11.8 Å². The predicted molar refractivity (Wildman–Crippen MR) is 63.3 cm³/mol. The van der Waals surface area contributed by atoms with E-state index in [0.29, 0.717) is 10.6 Å². The van der Waals surface area contributed by atoms with E-state index in [1.165, 1.54) is 6.07 Å². The average Bonchev–Trinajstić information content (AvgIpc) is 2.13. The number of nitrogen functional groups attached to an aromatic ring is 1. The summed E-state index contributed by atoms with van der Waals surface area (Å²) in [5.74, 6) is -0.476. The summed E-state index contributed by atoms with van der Waals surface area (Å²) in [7, 11) is 0. The number of alkyl halides is 1. The maximum Gasteiger partial charge on any atom is 0.148 e. The highest BCUT2D eigenvalue weighted by Gasteiger charge is 2.03. The van der Waals surface area contributed by atoms with E-state index in [1.807, 2.05) is 6.08 Å². The van der Waals surface area contributed by atoms with E-state index in [9.17, 15) is 4.39 Å². The molecule has 2 N–H and O–H groups in total. The third-order valence-corrected chi connectivity index (χ3v) is 2.38. The maximum atomic E-state index is 13.1. The Balaban J connectivity index is 2.96. The summed E-state index contributed by atoms with van der Waals surface area (Å²) >= 11 is 8.98. The summed E-state index contributed by atoms with van der Waals surface area (Å²) in [6.45, 7) is 0. The van der Waals surface area contributed by atoms with Crippen LogP contribution in [-0.4, -0.2) is 5.33 Å². The number of hydrogen-bond donors (Lipinski definition) is 1. The van der Waals surface area contributed by atoms with Crippen molar-refractivity contribution in [1.29, 1.82) is 0 Å². The van der Waals surface area contributed by atoms with Crippen LogP contribution in [0.2, 0.25) is 5.02 Å². The second-order valence-corrected chi connectivity index (χ2v) is 4.00. The number of anilines is 1. The van der Waals surface area contributed by atoms with Gasteiger partial charge < -0.3 is 5.73 Å². The Morgan fingerprint density at radius 3 is 2.86 bits per heavy atom. The molecule has 0 radical (unpaired) electrons. The topological polar surface area (TPSA) is 26.0 Å². The fraction of sp³-hybridized carbons (Fsp3) is 0.200. The van der Waals surface area contributed by atoms with Gasteiger partial charge in [-0.15, -0.1) is 0 Å². The van der Waals surface area contributed by atoms with Gasteiger partial charge >= 0.3 is 0 Å². The van der Waals surface area contributed by atoms with Crippen molar-refractivity contribution in [3.63, 3.8) is 0 Å². The first kappa shape index (κ1) is 11.5. The van der Waals surface area contributed by atoms with Crippen LogP contribution in [0.3, 0.4) is 0 Å². The summed E-state index contributed by atoms with van der Waals surface area (Å²) in [5.41, 5.74) is 6.30. The van der Waals surface area contributed by atoms with E-state index in [1.54, 1.807) is 12.1 Å². The highest BCUT2D eigenvalue weighted by atomic mass is 79.9. The zero-order valence-corrected chi connectivity index (χ0v) is 9.78. The van der Waals surface area contributed by atoms with Crippen LogP contribution in [0.15, 0.2) is 18.2 Å². The van der Waals surface area contributed by atoms with Gasteiger partial charge in [-0.3, -0.25) is 0 Å². The van der Waals surface area contributed by atoms with Crippen LogP contribution in [-0.2, 0) is 0 Å². The first-order chi connectivity index (χ1) is 6.65. The molecule has 0 heterocycles. The quantitative estimate of drug-likeness (QED) is 0.659. The molecule has 1 nitrogen and oxygen atoms in total. The zero-order valence-electron chi connectivity index (χ0n) is 7.43. The smallest absolute Gasteiger partial charge is 0.148 e. The number of allylic oxidation sites excluding steroid dienone is 1. The monoisotopic (exact) mass is 277 g/mol. The number of halogens is 3. The summed E-state index contributed by atoms with van der Waals surface area (Å²) in [5, 5.41) is 1.22. The standard InChI is InChI=1S/C10H10BrClFN/c11-4-2-1-3-7-5-8(12)6-9(13)10(7)14/h1,3,5-6H,2,4,14H2. The van der Waals surface area contributed by atoms with Gasteiger partial charge in [0.1, 0.15) is 5.82 Å². The maximum absolute atomic E-state index is 13.1. The lowest BCUT2D eigenvalue weighted by molar-refractivity contribution is 0.632. The highest BCUT2D eigenvalue weighted by molar-refractivity contribution is 9.09. The highest BCUT2D eigenvalue weighted by Crippen LogP contribution is 2.23. The van der Waals surface area contributed by atoms with E-state index in [4.69, 9.17) is 17.3 Å². The van der Waals surface area contributed by atoms with Gasteiger partial charge in [-0.1, -0.05) is 39.7 Å². The van der Waals surface area contributed by atoms with Gasteiger partial charge in [0, 0.05) is 15.9 Å². The molecule has 0 atom stereocenters. The Labute approximate surface area is 95.9 Å². The lowest BCUT2D eigenvalue weighted by atomic mass is 10.1. The molecule has 14 heavy (non-hydrogen) atoms. The molecule has 0 aliphatic carbocycles. The molecule has 0 aliphatic rings. The first-order valence-electron chi connectivity index (χ1n) is 4.12. The predicted octanol–water partition coefficient (Wildman–Crippen LogP) is 3.86. The minimum Gasteiger partial charge on any atom is -0.396 e. The second kappa shape index (κ2) is 5.37. The van der Waals surface area contributed by atoms with E-state index >= 15 is 0 Å². The normalized spacial score (nSPS) is 11.1. The average molecular weight is 279 g/mol. The van der Waals surface area contributed by atoms with Crippen LogP contribution >= 0.6 is 27.5 Å². The molecule has 0 saturated carbocycles. The molecule has 76 valence electrons. The van der Waals surface area contributed by atoms with Gasteiger partial charge in [0.25, 0.3) is 0 Å². The molecular weight excluding hydrogens is 268 g/mol. The molecule has 1 rings (SSSR count). The zero-order chi connectivity index (χ0) is 10.6. The summed E-state index contributed by atoms with van der Waals surface area (Å²) in [4.78, 5) is 0. The fourth-order valence-corrected chi connectivity index (χ4v) is 1.49. The molecule has 0 fully saturated rings. The molecule has 0 spiro atoms. The van der Waals surface area contributed by atoms with Crippen molar-refractivity contribution in [1.82, 2.24) is 0 Å². The van der Waals surface area contributed by atoms with Gasteiger partial charge in [-0.25, -0.2) is 4.39 Å². The van der Waals surface area contributed by atoms with Crippen molar-refractivity contribution in [3.05, 3.63) is 34.6 Å². The molecule has 0 saturated heterocycles. The largest absolute Gasteiger partial charge is 0.396 e. The van der Waals surface area contributed by atoms with Crippen molar-refractivity contribution >= 4 is 39.3 Å². The second-order valence-electron chi connectivity index (χ2n) is 2.77. The van der Waals surface area contributed by atoms with Crippen LogP contribution in [0.4, 0.5) is 10.1 Å². The van der Waals surface area contributed by atoms with Gasteiger partial charge in [0.15, 0.2) is 0 Å². The molecular formula is C10H10BrClFN. The molecule has 1 aromatic rings. The van der Waals surface area contributed by atoms with Crippen molar-refractivity contribution in [2.24, 2.45) is 0 Å². The van der Waals surface area contributed by atoms with Gasteiger partial charge in [-0.05, 0) is 18.6 Å². The van der Waals surface area contributed by atoms with Crippen LogP contribution < -0.4 is 5.73 Å². The lowest BCUT2D eigenvalue weighted by Crippen LogP contribution is -1.94. The summed E-state index contributed by atoms with van der Waals surface area (Å²) in [6.07, 6.45) is 4.55. The van der Waals surface area contributed by atoms with Crippen molar-refractivity contribution in [2.75, 3.05) is 11.1 Å². The SMILES string of the molecule is Nc1c(F)cc(Cl)cc1C=CCCBr. The van der Waals surface area contributed by atoms with Crippen molar-refractivity contribution in [2.45, 2.75) is 6.42 Å². The van der Waals surface area contributed by atoms with Crippen LogP contribution in [0.25, 0.3) is 6.08 Å². The van der Waals surface area contributed by atoms with Crippen molar-refractivity contribution < 1.29 is 4.39 Å². The van der Waals surface area contributed by atoms with Gasteiger partial charge in [0.2, 0.25) is 0 Å². The lowest BCUT2D eigenvalue weighted by Gasteiger charge is -2.02. The minimum atomic E-state index is -0.476. The molecule has 0 unspecified atom stereocenters. The Bertz CT molecular complexity index is 352. The number of hydrogen-bond acceptors (Lipinski definition) is 1. The van der Waals surface area contributed by atoms with E-state index < -0.39 is 5.82 Å². The Kier molecular flexibility index (Phi) is 4.42. The molecule has 0 aromatic heterocycles. The van der Waals surface area contributed by atoms with E-state index in [2.05, 4.69) is 15.9 Å².